The molecule has 2 N–H and O–H groups in total. The summed E-state index contributed by atoms with van der Waals surface area (Å²) in [6.45, 7) is 0.334. The lowest BCUT2D eigenvalue weighted by molar-refractivity contribution is -0.137. The quantitative estimate of drug-likeness (QED) is 0.788. The van der Waals surface area contributed by atoms with E-state index in [4.69, 9.17) is 5.73 Å². The highest BCUT2D eigenvalue weighted by atomic mass is 19.4. The van der Waals surface area contributed by atoms with Gasteiger partial charge < -0.3 is 10.3 Å². The lowest BCUT2D eigenvalue weighted by atomic mass is 10.1. The van der Waals surface area contributed by atoms with E-state index >= 15 is 0 Å². The molecule has 0 bridgehead atoms. The van der Waals surface area contributed by atoms with Gasteiger partial charge in [-0.3, -0.25) is 0 Å². The summed E-state index contributed by atoms with van der Waals surface area (Å²) < 4.78 is 39.2. The highest BCUT2D eigenvalue weighted by Gasteiger charge is 2.29. The van der Waals surface area contributed by atoms with Crippen molar-refractivity contribution in [2.75, 3.05) is 5.73 Å². The summed E-state index contributed by atoms with van der Waals surface area (Å²) in [4.78, 5) is 12.1. The van der Waals surface area contributed by atoms with Crippen LogP contribution in [0.25, 0.3) is 11.5 Å². The maximum Gasteiger partial charge on any atom is 0.416 e. The summed E-state index contributed by atoms with van der Waals surface area (Å²) >= 11 is 0. The summed E-state index contributed by atoms with van der Waals surface area (Å²) in [5.41, 5.74) is 6.18. The van der Waals surface area contributed by atoms with Crippen LogP contribution in [0.4, 0.5) is 19.0 Å². The van der Waals surface area contributed by atoms with E-state index in [2.05, 4.69) is 15.0 Å². The number of nitrogen functional groups attached to an aromatic ring is 1. The third-order valence-electron chi connectivity index (χ3n) is 3.06. The van der Waals surface area contributed by atoms with E-state index in [-0.39, 0.29) is 5.82 Å². The Labute approximate surface area is 117 Å². The van der Waals surface area contributed by atoms with E-state index < -0.39 is 11.7 Å². The smallest absolute Gasteiger partial charge is 0.382 e. The minimum absolute atomic E-state index is 0.270. The van der Waals surface area contributed by atoms with Crippen molar-refractivity contribution in [1.82, 2.24) is 19.5 Å². The van der Waals surface area contributed by atoms with Gasteiger partial charge in [-0.1, -0.05) is 12.1 Å². The van der Waals surface area contributed by atoms with Crippen molar-refractivity contribution in [3.63, 3.8) is 0 Å². The molecule has 3 rings (SSSR count). The van der Waals surface area contributed by atoms with Crippen molar-refractivity contribution in [3.8, 4) is 11.5 Å². The Morgan fingerprint density at radius 3 is 2.43 bits per heavy atom. The van der Waals surface area contributed by atoms with E-state index in [1.165, 1.54) is 24.8 Å². The summed E-state index contributed by atoms with van der Waals surface area (Å²) in [5, 5.41) is 0. The predicted molar refractivity (Wildman–Crippen MR) is 69.4 cm³/mol. The highest BCUT2D eigenvalue weighted by molar-refractivity contribution is 5.64. The first-order chi connectivity index (χ1) is 9.95. The fourth-order valence-electron chi connectivity index (χ4n) is 2.01. The molecule has 0 amide bonds. The summed E-state index contributed by atoms with van der Waals surface area (Å²) in [6, 6.07) is 4.95. The van der Waals surface area contributed by atoms with Crippen LogP contribution in [0.5, 0.6) is 0 Å². The first kappa shape index (κ1) is 13.3. The van der Waals surface area contributed by atoms with Gasteiger partial charge in [-0.2, -0.15) is 13.2 Å². The average molecular weight is 293 g/mol. The third kappa shape index (κ3) is 2.51. The van der Waals surface area contributed by atoms with Crippen molar-refractivity contribution in [3.05, 3.63) is 48.0 Å². The Balaban J connectivity index is 1.89. The molecule has 0 saturated heterocycles. The molecule has 2 aliphatic heterocycles. The van der Waals surface area contributed by atoms with Gasteiger partial charge in [0.1, 0.15) is 12.0 Å². The Morgan fingerprint density at radius 2 is 1.76 bits per heavy atom. The van der Waals surface area contributed by atoms with Crippen LogP contribution in [0.3, 0.4) is 0 Å². The second kappa shape index (κ2) is 4.72. The largest absolute Gasteiger partial charge is 0.416 e. The van der Waals surface area contributed by atoms with Crippen molar-refractivity contribution in [2.45, 2.75) is 12.7 Å². The summed E-state index contributed by atoms with van der Waals surface area (Å²) in [6.07, 6.45) is -1.48. The van der Waals surface area contributed by atoms with Gasteiger partial charge in [0.25, 0.3) is 0 Å². The molecule has 0 atom stereocenters. The van der Waals surface area contributed by atoms with Crippen LogP contribution >= 0.6 is 0 Å². The molecule has 0 radical (unpaired) electrons. The van der Waals surface area contributed by atoms with Crippen molar-refractivity contribution in [1.29, 1.82) is 0 Å². The number of imidazole rings is 1. The molecule has 8 heteroatoms. The highest BCUT2D eigenvalue weighted by Crippen LogP contribution is 2.29. The second-order valence-electron chi connectivity index (χ2n) is 4.50. The third-order valence-corrected chi connectivity index (χ3v) is 3.06. The van der Waals surface area contributed by atoms with Crippen LogP contribution in [-0.4, -0.2) is 19.5 Å². The molecule has 1 aromatic carbocycles. The number of nitrogens with zero attached hydrogens (tertiary/aromatic N) is 4. The standard InChI is InChI=1S/C13H10F3N5/c14-13(15,16)9-3-1-8(2-4-9)5-21-7-20-11(17)10-12(21)19-6-18-10/h1-4,6-7H,5,17H2. The van der Waals surface area contributed by atoms with Crippen LogP contribution in [-0.2, 0) is 12.7 Å². The number of benzene rings is 1. The van der Waals surface area contributed by atoms with E-state index in [9.17, 15) is 13.2 Å². The van der Waals surface area contributed by atoms with E-state index in [1.807, 2.05) is 0 Å². The normalized spacial score (nSPS) is 12.0. The van der Waals surface area contributed by atoms with E-state index in [0.717, 1.165) is 12.1 Å². The van der Waals surface area contributed by atoms with Gasteiger partial charge in [0.15, 0.2) is 11.6 Å². The van der Waals surface area contributed by atoms with Crippen LogP contribution in [0, 0.1) is 0 Å². The molecule has 108 valence electrons. The molecule has 21 heavy (non-hydrogen) atoms. The zero-order chi connectivity index (χ0) is 15.0. The number of hydrogen-bond donors (Lipinski definition) is 1. The van der Waals surface area contributed by atoms with Crippen LogP contribution in [0.1, 0.15) is 11.1 Å². The topological polar surface area (TPSA) is 69.6 Å². The summed E-state index contributed by atoms with van der Waals surface area (Å²) in [7, 11) is 0. The molecule has 1 aromatic rings. The number of fused-ring (bicyclic) bond motifs is 1. The number of anilines is 1. The molecule has 0 aromatic heterocycles. The van der Waals surface area contributed by atoms with E-state index in [0.29, 0.717) is 23.6 Å². The Morgan fingerprint density at radius 1 is 1.05 bits per heavy atom. The van der Waals surface area contributed by atoms with Gasteiger partial charge >= 0.3 is 6.18 Å². The van der Waals surface area contributed by atoms with Gasteiger partial charge in [0.2, 0.25) is 0 Å². The Hall–Kier alpha value is -2.64. The van der Waals surface area contributed by atoms with Crippen molar-refractivity contribution >= 4 is 5.82 Å². The molecule has 0 aliphatic carbocycles. The van der Waals surface area contributed by atoms with E-state index in [1.54, 1.807) is 4.57 Å². The van der Waals surface area contributed by atoms with Gasteiger partial charge in [-0.25, -0.2) is 15.0 Å². The van der Waals surface area contributed by atoms with Gasteiger partial charge in [0, 0.05) is 0 Å². The fourth-order valence-corrected chi connectivity index (χ4v) is 2.01. The summed E-state index contributed by atoms with van der Waals surface area (Å²) in [5.74, 6) is 0.813. The number of aromatic nitrogens is 4. The minimum Gasteiger partial charge on any atom is -0.382 e. The second-order valence-corrected chi connectivity index (χ2v) is 4.50. The number of alkyl halides is 3. The lowest BCUT2D eigenvalue weighted by Crippen LogP contribution is -2.10. The molecule has 0 saturated carbocycles. The zero-order valence-electron chi connectivity index (χ0n) is 10.7. The monoisotopic (exact) mass is 293 g/mol. The van der Waals surface area contributed by atoms with Gasteiger partial charge in [-0.15, -0.1) is 0 Å². The van der Waals surface area contributed by atoms with Crippen LogP contribution in [0.2, 0.25) is 0 Å². The first-order valence-corrected chi connectivity index (χ1v) is 6.02. The molecule has 0 fully saturated rings. The van der Waals surface area contributed by atoms with Gasteiger partial charge in [0.05, 0.1) is 18.4 Å². The predicted octanol–water partition coefficient (Wildman–Crippen LogP) is 2.43. The fraction of sp³-hybridized carbons (Fsp3) is 0.154. The van der Waals surface area contributed by atoms with Crippen molar-refractivity contribution < 1.29 is 13.2 Å². The molecule has 0 unspecified atom stereocenters. The number of rotatable bonds is 2. The number of halogens is 3. The SMILES string of the molecule is Nc1ncn(Cc2ccc(C(F)(F)F)cc2)c2ncnc1-2. The minimum atomic E-state index is -4.33. The Kier molecular flexibility index (Phi) is 3.00. The van der Waals surface area contributed by atoms with Gasteiger partial charge in [-0.05, 0) is 17.7 Å². The first-order valence-electron chi connectivity index (χ1n) is 6.02. The molecular formula is C13H10F3N5. The molecule has 0 spiro atoms. The lowest BCUT2D eigenvalue weighted by Gasteiger charge is -2.12. The molecule has 2 aliphatic rings. The maximum absolute atomic E-state index is 12.5. The van der Waals surface area contributed by atoms with Crippen molar-refractivity contribution in [2.24, 2.45) is 0 Å². The van der Waals surface area contributed by atoms with Crippen LogP contribution in [0.15, 0.2) is 36.9 Å². The molecular weight excluding hydrogens is 283 g/mol. The van der Waals surface area contributed by atoms with Crippen LogP contribution < -0.4 is 5.73 Å². The average Bonchev–Trinajstić information content (AvgIpc) is 2.92. The maximum atomic E-state index is 12.5. The zero-order valence-corrected chi connectivity index (χ0v) is 10.7. The molecule has 2 heterocycles. The number of hydrogen-bond acceptors (Lipinski definition) is 4. The number of nitrogens with two attached hydrogens (primary N) is 1. The Bertz CT molecular complexity index is 733. The molecule has 5 nitrogen and oxygen atoms in total.